The Kier molecular flexibility index (Phi) is 6.77. The maximum absolute atomic E-state index is 11.6. The van der Waals surface area contributed by atoms with Crippen molar-refractivity contribution in [3.8, 4) is 0 Å². The Labute approximate surface area is 143 Å². The normalized spacial score (nSPS) is 10.6. The SMILES string of the molecule is Nc1nccn1CC(=O)OCCOCCOC(=O)Cn1ccnc1N. The fourth-order valence-electron chi connectivity index (χ4n) is 1.85. The number of aromatic nitrogens is 4. The quantitative estimate of drug-likeness (QED) is 0.407. The van der Waals surface area contributed by atoms with Gasteiger partial charge in [0.15, 0.2) is 0 Å². The number of carbonyl (C=O) groups is 2. The fraction of sp³-hybridized carbons (Fsp3) is 0.429. The standard InChI is InChI=1S/C14H20N6O5/c15-13-17-1-3-19(13)9-11(21)24-7-5-23-6-8-25-12(22)10-20-4-2-18-14(20)16/h1-4H,5-10H2,(H2,15,17)(H2,16,18). The predicted octanol–water partition coefficient (Wildman–Crippen LogP) is -0.953. The van der Waals surface area contributed by atoms with Crippen LogP contribution in [-0.4, -0.2) is 57.5 Å². The third kappa shape index (κ3) is 6.14. The highest BCUT2D eigenvalue weighted by Crippen LogP contribution is 1.99. The van der Waals surface area contributed by atoms with Gasteiger partial charge in [0.05, 0.1) is 13.2 Å². The van der Waals surface area contributed by atoms with Crippen molar-refractivity contribution in [1.29, 1.82) is 0 Å². The number of hydrogen-bond donors (Lipinski definition) is 2. The molecule has 0 aliphatic rings. The lowest BCUT2D eigenvalue weighted by Gasteiger charge is -2.08. The van der Waals surface area contributed by atoms with E-state index >= 15 is 0 Å². The third-order valence-corrected chi connectivity index (χ3v) is 3.08. The number of hydrogen-bond acceptors (Lipinski definition) is 9. The van der Waals surface area contributed by atoms with Gasteiger partial charge in [-0.3, -0.25) is 9.59 Å². The summed E-state index contributed by atoms with van der Waals surface area (Å²) in [6.45, 7) is 0.538. The lowest BCUT2D eigenvalue weighted by molar-refractivity contribution is -0.147. The monoisotopic (exact) mass is 352 g/mol. The van der Waals surface area contributed by atoms with Gasteiger partial charge < -0.3 is 34.8 Å². The highest BCUT2D eigenvalue weighted by Gasteiger charge is 2.08. The van der Waals surface area contributed by atoms with Gasteiger partial charge in [0.25, 0.3) is 0 Å². The van der Waals surface area contributed by atoms with Gasteiger partial charge in [0, 0.05) is 24.8 Å². The number of carbonyl (C=O) groups excluding carboxylic acids is 2. The molecule has 0 fully saturated rings. The van der Waals surface area contributed by atoms with Gasteiger partial charge in [-0.1, -0.05) is 0 Å². The summed E-state index contributed by atoms with van der Waals surface area (Å²) in [5.41, 5.74) is 11.1. The summed E-state index contributed by atoms with van der Waals surface area (Å²) in [6.07, 6.45) is 6.15. The van der Waals surface area contributed by atoms with Crippen molar-refractivity contribution in [2.24, 2.45) is 0 Å². The number of ether oxygens (including phenoxy) is 3. The molecule has 0 spiro atoms. The molecule has 25 heavy (non-hydrogen) atoms. The summed E-state index contributed by atoms with van der Waals surface area (Å²) in [4.78, 5) is 30.7. The van der Waals surface area contributed by atoms with Crippen molar-refractivity contribution in [3.63, 3.8) is 0 Å². The first kappa shape index (κ1) is 18.3. The molecule has 4 N–H and O–H groups in total. The molecule has 0 amide bonds. The van der Waals surface area contributed by atoms with Crippen LogP contribution < -0.4 is 11.5 Å². The van der Waals surface area contributed by atoms with Gasteiger partial charge >= 0.3 is 11.9 Å². The number of nitrogen functional groups attached to an aromatic ring is 2. The topological polar surface area (TPSA) is 150 Å². The summed E-state index contributed by atoms with van der Waals surface area (Å²) in [5.74, 6) is -0.407. The van der Waals surface area contributed by atoms with Crippen molar-refractivity contribution in [2.75, 3.05) is 37.9 Å². The lowest BCUT2D eigenvalue weighted by Crippen LogP contribution is -2.19. The molecule has 0 saturated heterocycles. The highest BCUT2D eigenvalue weighted by atomic mass is 16.6. The van der Waals surface area contributed by atoms with E-state index in [4.69, 9.17) is 25.7 Å². The molecule has 2 heterocycles. The Bertz CT molecular complexity index is 639. The molecule has 136 valence electrons. The van der Waals surface area contributed by atoms with Gasteiger partial charge in [-0.15, -0.1) is 0 Å². The minimum absolute atomic E-state index is 0.0131. The second-order valence-corrected chi connectivity index (χ2v) is 4.88. The second kappa shape index (κ2) is 9.27. The molecule has 2 aromatic rings. The van der Waals surface area contributed by atoms with Crippen LogP contribution in [-0.2, 0) is 36.9 Å². The largest absolute Gasteiger partial charge is 0.462 e. The van der Waals surface area contributed by atoms with Crippen LogP contribution in [0.3, 0.4) is 0 Å². The molecule has 0 unspecified atom stereocenters. The number of nitrogens with two attached hydrogens (primary N) is 2. The Morgan fingerprint density at radius 2 is 1.28 bits per heavy atom. The van der Waals surface area contributed by atoms with Crippen molar-refractivity contribution < 1.29 is 23.8 Å². The Balaban J connectivity index is 1.48. The van der Waals surface area contributed by atoms with E-state index in [0.29, 0.717) is 0 Å². The van der Waals surface area contributed by atoms with Crippen LogP contribution in [0.15, 0.2) is 24.8 Å². The number of rotatable bonds is 10. The molecule has 0 atom stereocenters. The molecule has 0 aliphatic heterocycles. The maximum atomic E-state index is 11.6. The van der Waals surface area contributed by atoms with Crippen LogP contribution in [0.5, 0.6) is 0 Å². The Hall–Kier alpha value is -3.08. The van der Waals surface area contributed by atoms with E-state index < -0.39 is 11.9 Å². The zero-order valence-electron chi connectivity index (χ0n) is 13.5. The molecular formula is C14H20N6O5. The first-order valence-electron chi connectivity index (χ1n) is 7.48. The number of imidazole rings is 2. The smallest absolute Gasteiger partial charge is 0.326 e. The number of esters is 2. The van der Waals surface area contributed by atoms with E-state index in [0.717, 1.165) is 0 Å². The van der Waals surface area contributed by atoms with Crippen LogP contribution >= 0.6 is 0 Å². The molecule has 2 aromatic heterocycles. The van der Waals surface area contributed by atoms with Crippen molar-refractivity contribution in [3.05, 3.63) is 24.8 Å². The zero-order valence-corrected chi connectivity index (χ0v) is 13.5. The van der Waals surface area contributed by atoms with Crippen LogP contribution in [0.25, 0.3) is 0 Å². The fourth-order valence-corrected chi connectivity index (χ4v) is 1.85. The van der Waals surface area contributed by atoms with Crippen molar-refractivity contribution >= 4 is 23.8 Å². The van der Waals surface area contributed by atoms with Crippen LogP contribution in [0.4, 0.5) is 11.9 Å². The summed E-state index contributed by atoms with van der Waals surface area (Å²) in [5, 5.41) is 0. The van der Waals surface area contributed by atoms with Crippen LogP contribution in [0.2, 0.25) is 0 Å². The average Bonchev–Trinajstić information content (AvgIpc) is 3.15. The molecule has 2 rings (SSSR count). The van der Waals surface area contributed by atoms with E-state index in [9.17, 15) is 9.59 Å². The Morgan fingerprint density at radius 1 is 0.840 bits per heavy atom. The average molecular weight is 352 g/mol. The minimum Gasteiger partial charge on any atom is -0.462 e. The second-order valence-electron chi connectivity index (χ2n) is 4.88. The summed E-state index contributed by atoms with van der Waals surface area (Å²) in [6, 6.07) is 0. The van der Waals surface area contributed by atoms with Crippen molar-refractivity contribution in [1.82, 2.24) is 19.1 Å². The van der Waals surface area contributed by atoms with E-state index in [2.05, 4.69) is 9.97 Å². The van der Waals surface area contributed by atoms with Gasteiger partial charge in [-0.05, 0) is 0 Å². The minimum atomic E-state index is -0.447. The molecular weight excluding hydrogens is 332 g/mol. The van der Waals surface area contributed by atoms with Gasteiger partial charge in [0.1, 0.15) is 26.3 Å². The summed E-state index contributed by atoms with van der Waals surface area (Å²) >= 11 is 0. The predicted molar refractivity (Wildman–Crippen MR) is 86.0 cm³/mol. The Morgan fingerprint density at radius 3 is 1.64 bits per heavy atom. The van der Waals surface area contributed by atoms with Crippen molar-refractivity contribution in [2.45, 2.75) is 13.1 Å². The molecule has 11 heteroatoms. The van der Waals surface area contributed by atoms with Gasteiger partial charge in [-0.2, -0.15) is 0 Å². The van der Waals surface area contributed by atoms with E-state index in [1.54, 1.807) is 12.4 Å². The first-order valence-corrected chi connectivity index (χ1v) is 7.48. The zero-order chi connectivity index (χ0) is 18.1. The number of nitrogens with zero attached hydrogens (tertiary/aromatic N) is 4. The van der Waals surface area contributed by atoms with Gasteiger partial charge in [-0.25, -0.2) is 9.97 Å². The van der Waals surface area contributed by atoms with Crippen LogP contribution in [0, 0.1) is 0 Å². The van der Waals surface area contributed by atoms with E-state index in [1.807, 2.05) is 0 Å². The highest BCUT2D eigenvalue weighted by molar-refractivity contribution is 5.70. The maximum Gasteiger partial charge on any atom is 0.326 e. The van der Waals surface area contributed by atoms with Gasteiger partial charge in [0.2, 0.25) is 11.9 Å². The van der Waals surface area contributed by atoms with E-state index in [-0.39, 0.29) is 51.4 Å². The summed E-state index contributed by atoms with van der Waals surface area (Å²) < 4.78 is 18.1. The summed E-state index contributed by atoms with van der Waals surface area (Å²) in [7, 11) is 0. The molecule has 0 aromatic carbocycles. The lowest BCUT2D eigenvalue weighted by atomic mass is 10.6. The molecule has 0 saturated carbocycles. The molecule has 0 bridgehead atoms. The molecule has 11 nitrogen and oxygen atoms in total. The first-order chi connectivity index (χ1) is 12.1. The van der Waals surface area contributed by atoms with Crippen LogP contribution in [0.1, 0.15) is 0 Å². The molecule has 0 radical (unpaired) electrons. The third-order valence-electron chi connectivity index (χ3n) is 3.08. The van der Waals surface area contributed by atoms with E-state index in [1.165, 1.54) is 21.5 Å². The molecule has 0 aliphatic carbocycles. The number of anilines is 2.